The Hall–Kier alpha value is -3.51. The maximum atomic E-state index is 7.41. The minimum atomic E-state index is 0.655. The fourth-order valence-corrected chi connectivity index (χ4v) is 3.63. The maximum Gasteiger partial charge on any atom is 0.188 e. The molecule has 0 radical (unpaired) electrons. The summed E-state index contributed by atoms with van der Waals surface area (Å²) in [6, 6.07) is 20.4. The van der Waals surface area contributed by atoms with Crippen molar-refractivity contribution in [3.05, 3.63) is 89.4 Å². The van der Waals surface area contributed by atoms with Crippen LogP contribution in [-0.4, -0.2) is 11.2 Å². The van der Waals surface area contributed by atoms with E-state index in [0.29, 0.717) is 12.3 Å². The molecule has 0 amide bonds. The van der Waals surface area contributed by atoms with E-state index in [-0.39, 0.29) is 0 Å². The van der Waals surface area contributed by atoms with Crippen LogP contribution in [0.25, 0.3) is 32.6 Å². The monoisotopic (exact) mass is 366 g/mol. The van der Waals surface area contributed by atoms with Crippen LogP contribution in [0.15, 0.2) is 66.9 Å². The van der Waals surface area contributed by atoms with Crippen LogP contribution in [0.2, 0.25) is 0 Å². The molecule has 0 atom stereocenters. The summed E-state index contributed by atoms with van der Waals surface area (Å²) < 4.78 is 7.77. The van der Waals surface area contributed by atoms with Crippen LogP contribution in [0, 0.1) is 20.4 Å². The van der Waals surface area contributed by atoms with Crippen molar-refractivity contribution in [2.45, 2.75) is 20.8 Å². The fourth-order valence-electron chi connectivity index (χ4n) is 3.63. The van der Waals surface area contributed by atoms with Crippen molar-refractivity contribution in [1.29, 1.82) is 0 Å². The van der Waals surface area contributed by atoms with E-state index in [1.807, 2.05) is 37.3 Å². The molecule has 4 aromatic rings. The van der Waals surface area contributed by atoms with E-state index < -0.39 is 0 Å². The van der Waals surface area contributed by atoms with Gasteiger partial charge < -0.3 is 9.30 Å². The molecule has 0 spiro atoms. The molecule has 0 aliphatic rings. The van der Waals surface area contributed by atoms with Crippen molar-refractivity contribution in [3.8, 4) is 22.6 Å². The normalized spacial score (nSPS) is 10.8. The zero-order valence-electron chi connectivity index (χ0n) is 16.4. The van der Waals surface area contributed by atoms with E-state index >= 15 is 0 Å². The van der Waals surface area contributed by atoms with Gasteiger partial charge in [0, 0.05) is 17.4 Å². The second kappa shape index (κ2) is 7.25. The van der Waals surface area contributed by atoms with Crippen LogP contribution >= 0.6 is 0 Å². The number of nitrogens with zero attached hydrogens (tertiary/aromatic N) is 2. The van der Waals surface area contributed by atoms with Crippen molar-refractivity contribution >= 4 is 16.6 Å². The summed E-state index contributed by atoms with van der Waals surface area (Å²) in [7, 11) is 0. The number of benzene rings is 3. The van der Waals surface area contributed by atoms with Crippen LogP contribution in [0.3, 0.4) is 0 Å². The van der Waals surface area contributed by atoms with E-state index in [4.69, 9.17) is 11.3 Å². The Bertz CT molecular complexity index is 1190. The number of hydrogen-bond acceptors (Lipinski definition) is 1. The van der Waals surface area contributed by atoms with Crippen LogP contribution in [0.5, 0.6) is 5.75 Å². The molecule has 0 aliphatic heterocycles. The molecule has 3 aromatic carbocycles. The third-order valence-electron chi connectivity index (χ3n) is 5.24. The lowest BCUT2D eigenvalue weighted by Gasteiger charge is -2.08. The van der Waals surface area contributed by atoms with Gasteiger partial charge >= 0.3 is 0 Å². The van der Waals surface area contributed by atoms with Crippen molar-refractivity contribution in [2.24, 2.45) is 0 Å². The largest absolute Gasteiger partial charge is 0.494 e. The Labute approximate surface area is 165 Å². The van der Waals surface area contributed by atoms with Gasteiger partial charge in [-0.25, -0.2) is 4.85 Å². The second-order valence-electron chi connectivity index (χ2n) is 6.90. The van der Waals surface area contributed by atoms with E-state index in [1.54, 1.807) is 0 Å². The summed E-state index contributed by atoms with van der Waals surface area (Å²) in [6.45, 7) is 14.3. The van der Waals surface area contributed by atoms with Gasteiger partial charge in [-0.3, -0.25) is 0 Å². The molecule has 1 heterocycles. The first-order chi connectivity index (χ1) is 13.6. The lowest BCUT2D eigenvalue weighted by molar-refractivity contribution is 0.340. The Morgan fingerprint density at radius 1 is 0.964 bits per heavy atom. The van der Waals surface area contributed by atoms with E-state index in [2.05, 4.69) is 59.8 Å². The molecule has 0 aliphatic carbocycles. The number of ether oxygens (including phenoxy) is 1. The van der Waals surface area contributed by atoms with Gasteiger partial charge in [-0.05, 0) is 79.2 Å². The molecule has 0 bridgehead atoms. The molecular weight excluding hydrogens is 344 g/mol. The molecule has 0 fully saturated rings. The molecule has 0 saturated carbocycles. The molecule has 0 N–H and O–H groups in total. The van der Waals surface area contributed by atoms with Gasteiger partial charge in [-0.1, -0.05) is 24.3 Å². The summed E-state index contributed by atoms with van der Waals surface area (Å²) in [5.74, 6) is 0.868. The number of hydrogen-bond donors (Lipinski definition) is 0. The molecule has 0 unspecified atom stereocenters. The van der Waals surface area contributed by atoms with Crippen molar-refractivity contribution in [2.75, 3.05) is 6.61 Å². The molecule has 4 rings (SSSR count). The van der Waals surface area contributed by atoms with Gasteiger partial charge in [0.05, 0.1) is 18.7 Å². The highest BCUT2D eigenvalue weighted by atomic mass is 16.5. The Morgan fingerprint density at radius 3 is 2.46 bits per heavy atom. The van der Waals surface area contributed by atoms with E-state index in [1.165, 1.54) is 16.7 Å². The molecule has 138 valence electrons. The first-order valence-corrected chi connectivity index (χ1v) is 9.44. The molecular formula is C25H22N2O. The molecule has 28 heavy (non-hydrogen) atoms. The maximum absolute atomic E-state index is 7.41. The quantitative estimate of drug-likeness (QED) is 0.361. The molecule has 3 nitrogen and oxygen atoms in total. The Morgan fingerprint density at radius 2 is 1.75 bits per heavy atom. The average Bonchev–Trinajstić information content (AvgIpc) is 3.09. The van der Waals surface area contributed by atoms with Gasteiger partial charge in [0.2, 0.25) is 0 Å². The van der Waals surface area contributed by atoms with Gasteiger partial charge in [-0.2, -0.15) is 0 Å². The number of aromatic nitrogens is 1. The van der Waals surface area contributed by atoms with Gasteiger partial charge in [0.1, 0.15) is 5.75 Å². The SMILES string of the molecule is [C-]#[N+]c1ccc2c(c1)c(-c1cccc(C)c1C)cn2-c1ccc(OCC)cc1. The standard InChI is InChI=1S/C25H22N2O/c1-5-28-21-12-10-20(11-13-21)27-16-24(22-8-6-7-17(2)18(22)3)23-15-19(26-4)9-14-25(23)27/h6-16H,5H2,1-3H3. The third kappa shape index (κ3) is 3.04. The van der Waals surface area contributed by atoms with Crippen molar-refractivity contribution in [1.82, 2.24) is 4.57 Å². The lowest BCUT2D eigenvalue weighted by atomic mass is 9.97. The van der Waals surface area contributed by atoms with Crippen LogP contribution in [0.4, 0.5) is 5.69 Å². The first-order valence-electron chi connectivity index (χ1n) is 9.44. The van der Waals surface area contributed by atoms with Gasteiger partial charge in [0.25, 0.3) is 0 Å². The average molecular weight is 366 g/mol. The van der Waals surface area contributed by atoms with Crippen LogP contribution < -0.4 is 4.74 Å². The highest BCUT2D eigenvalue weighted by molar-refractivity contribution is 5.99. The summed E-state index contributed by atoms with van der Waals surface area (Å²) in [5, 5.41) is 1.09. The first kappa shape index (κ1) is 17.9. The summed E-state index contributed by atoms with van der Waals surface area (Å²) in [4.78, 5) is 3.63. The van der Waals surface area contributed by atoms with E-state index in [0.717, 1.165) is 27.9 Å². The van der Waals surface area contributed by atoms with Crippen molar-refractivity contribution in [3.63, 3.8) is 0 Å². The minimum Gasteiger partial charge on any atom is -0.494 e. The number of fused-ring (bicyclic) bond motifs is 1. The predicted molar refractivity (Wildman–Crippen MR) is 116 cm³/mol. The summed E-state index contributed by atoms with van der Waals surface area (Å²) >= 11 is 0. The predicted octanol–water partition coefficient (Wildman–Crippen LogP) is 6.86. The molecule has 3 heteroatoms. The Balaban J connectivity index is 1.96. The van der Waals surface area contributed by atoms with Crippen LogP contribution in [-0.2, 0) is 0 Å². The second-order valence-corrected chi connectivity index (χ2v) is 6.90. The third-order valence-corrected chi connectivity index (χ3v) is 5.24. The fraction of sp³-hybridized carbons (Fsp3) is 0.160. The van der Waals surface area contributed by atoms with Crippen LogP contribution in [0.1, 0.15) is 18.1 Å². The number of aryl methyl sites for hydroxylation is 1. The number of rotatable bonds is 4. The zero-order valence-corrected chi connectivity index (χ0v) is 16.4. The Kier molecular flexibility index (Phi) is 4.63. The van der Waals surface area contributed by atoms with Gasteiger partial charge in [-0.15, -0.1) is 0 Å². The lowest BCUT2D eigenvalue weighted by Crippen LogP contribution is -1.94. The molecule has 1 aromatic heterocycles. The smallest absolute Gasteiger partial charge is 0.188 e. The van der Waals surface area contributed by atoms with Gasteiger partial charge in [0.15, 0.2) is 5.69 Å². The topological polar surface area (TPSA) is 18.5 Å². The summed E-state index contributed by atoms with van der Waals surface area (Å²) in [6.07, 6.45) is 2.18. The minimum absolute atomic E-state index is 0.655. The summed E-state index contributed by atoms with van der Waals surface area (Å²) in [5.41, 5.74) is 7.70. The van der Waals surface area contributed by atoms with E-state index in [9.17, 15) is 0 Å². The zero-order chi connectivity index (χ0) is 19.7. The van der Waals surface area contributed by atoms with Crippen molar-refractivity contribution < 1.29 is 4.74 Å². The highest BCUT2D eigenvalue weighted by Gasteiger charge is 2.14. The highest BCUT2D eigenvalue weighted by Crippen LogP contribution is 2.37. The molecule has 0 saturated heterocycles.